The maximum absolute atomic E-state index is 11.9. The van der Waals surface area contributed by atoms with Crippen molar-refractivity contribution in [2.24, 2.45) is 47.3 Å². The van der Waals surface area contributed by atoms with Gasteiger partial charge in [-0.15, -0.1) is 0 Å². The molecule has 16 heterocycles. The number of amides is 2. The zero-order valence-electron chi connectivity index (χ0n) is 84.8. The van der Waals surface area contributed by atoms with E-state index in [1.807, 2.05) is 80.2 Å². The van der Waals surface area contributed by atoms with Crippen molar-refractivity contribution in [3.05, 3.63) is 183 Å². The molecule has 0 unspecified atom stereocenters. The number of benzene rings is 4. The van der Waals surface area contributed by atoms with Gasteiger partial charge < -0.3 is 49.0 Å². The van der Waals surface area contributed by atoms with Gasteiger partial charge in [-0.3, -0.25) is 9.59 Å². The number of nitriles is 4. The largest absolute Gasteiger partial charge is 0.355 e. The van der Waals surface area contributed by atoms with E-state index in [-0.39, 0.29) is 58.8 Å². The average molecular weight is 2140 g/mol. The zero-order valence-corrected chi connectivity index (χ0v) is 90.8. The van der Waals surface area contributed by atoms with Crippen molar-refractivity contribution in [1.29, 1.82) is 21.0 Å². The molecule has 40 heteroatoms. The molecule has 768 valence electrons. The Morgan fingerprint density at radius 2 is 0.582 bits per heavy atom. The van der Waals surface area contributed by atoms with Crippen molar-refractivity contribution in [3.63, 3.8) is 0 Å². The van der Waals surface area contributed by atoms with Crippen LogP contribution in [0, 0.1) is 92.7 Å². The van der Waals surface area contributed by atoms with Crippen LogP contribution in [0.2, 0.25) is 40.2 Å². The van der Waals surface area contributed by atoms with Crippen molar-refractivity contribution >= 4 is 173 Å². The number of hydrogen-bond acceptors (Lipinski definition) is 26. The van der Waals surface area contributed by atoms with Gasteiger partial charge in [0.15, 0.2) is 45.4 Å². The molecular weight excluding hydrogens is 2010 g/mol. The summed E-state index contributed by atoms with van der Waals surface area (Å²) in [7, 11) is 7.26. The fraction of sp³-hybridized carbons (Fsp3) is 0.528. The quantitative estimate of drug-likeness (QED) is 0.0486. The summed E-state index contributed by atoms with van der Waals surface area (Å²) in [5.74, 6) is 9.05. The molecule has 0 spiro atoms. The molecule has 4 aromatic carbocycles. The Kier molecular flexibility index (Phi) is 34.4. The van der Waals surface area contributed by atoms with Crippen LogP contribution in [0.15, 0.2) is 97.6 Å². The number of carbonyl (C=O) groups excluding carboxylic acids is 2. The van der Waals surface area contributed by atoms with E-state index < -0.39 is 0 Å². The third-order valence-electron chi connectivity index (χ3n) is 31.0. The topological polar surface area (TPSA) is 336 Å². The summed E-state index contributed by atoms with van der Waals surface area (Å²) in [4.78, 5) is 84.5. The molecule has 20 rings (SSSR count). The van der Waals surface area contributed by atoms with Gasteiger partial charge in [-0.05, 0) is 277 Å². The number of aromatic nitrogens is 16. The Bertz CT molecular complexity index is 6490. The maximum Gasteiger partial charge on any atom is 0.222 e. The van der Waals surface area contributed by atoms with Gasteiger partial charge in [-0.25, -0.2) is 58.6 Å². The number of anilines is 4. The van der Waals surface area contributed by atoms with Crippen LogP contribution in [-0.2, 0) is 9.59 Å². The normalized spacial score (nSPS) is 19.7. The van der Waals surface area contributed by atoms with E-state index in [2.05, 4.69) is 132 Å². The minimum absolute atomic E-state index is 0.199. The molecular formula is C106H126Cl8N30O2. The zero-order chi connectivity index (χ0) is 103. The minimum atomic E-state index is -0.255. The highest BCUT2D eigenvalue weighted by atomic mass is 35.5. The molecule has 0 radical (unpaired) electrons. The summed E-state index contributed by atoms with van der Waals surface area (Å²) in [6, 6.07) is 30.4. The lowest BCUT2D eigenvalue weighted by Crippen LogP contribution is -2.54. The average Bonchev–Trinajstić information content (AvgIpc) is 1.60. The van der Waals surface area contributed by atoms with E-state index in [1.165, 1.54) is 77.5 Å². The van der Waals surface area contributed by atoms with Crippen molar-refractivity contribution in [2.75, 3.05) is 166 Å². The SMILES string of the molecule is CC(C)N1CCC[C@@H](C2CN(c3cnc4c(C#N)nn([C@H](C)c5ccc(Cl)cc5Cl)c4n3)C2)C1.CC(C)N1CCC[C@H](C2CN(c3cnc4c(C#N)nn([C@H](C)c5ccc(Cl)cc5Cl)c4n3)C2)C1.C[C@H](c1ccc(Cl)cc1Cl)n1nc(C#N)c2ncc(N3CC([C@@H]4CCCN(CCCC(=O)N(C)C)C4)C3)nc21.C[C@H](c1ccc(Cl)cc1Cl)n1nc(C#N)c2ncc(N3CC([C@H]4CCCN(CCCC(=O)N(C)C)C4)C3)nc21. The second-order valence-electron chi connectivity index (χ2n) is 41.4. The fourth-order valence-electron chi connectivity index (χ4n) is 22.0. The lowest BCUT2D eigenvalue weighted by atomic mass is 9.80. The van der Waals surface area contributed by atoms with Gasteiger partial charge in [0.1, 0.15) is 69.6 Å². The summed E-state index contributed by atoms with van der Waals surface area (Å²) in [5.41, 5.74) is 8.80. The van der Waals surface area contributed by atoms with Crippen LogP contribution < -0.4 is 19.6 Å². The molecule has 2 amide bonds. The van der Waals surface area contributed by atoms with E-state index in [9.17, 15) is 30.6 Å². The fourth-order valence-corrected chi connectivity index (χ4v) is 24.2. The number of rotatable bonds is 26. The summed E-state index contributed by atoms with van der Waals surface area (Å²) in [6.07, 6.45) is 20.2. The molecule has 0 N–H and O–H groups in total. The Balaban J connectivity index is 0.000000133. The Morgan fingerprint density at radius 3 is 0.808 bits per heavy atom. The van der Waals surface area contributed by atoms with E-state index in [1.54, 1.807) is 102 Å². The standard InChI is InChI=1S/2C28H34Cl2N8O.2C25H29Cl2N7/c2*1-18(22-9-8-21(29)12-23(22)30)38-28-27(24(13-31)34-38)32-14-25(33-28)37-16-20(17-37)19-6-4-10-36(15-19)11-5-7-26(39)35(2)3;2*1-15(2)32-8-4-5-17(12-32)18-13-33(14-18)23-11-29-24-22(10-28)31-34(25(24)30-23)16(3)20-7-6-19(26)9-21(20)27/h2*8-9,12,14,18-20H,4-7,10-11,15-17H2,1-3H3;2*6-7,9,11,15-18H,4-5,8,12-14H2,1-3H3/t18-,19+;18-,19-;16-,17+;16-,17-/m1111/s1. The van der Waals surface area contributed by atoms with Crippen LogP contribution in [-0.4, -0.2) is 278 Å². The summed E-state index contributed by atoms with van der Waals surface area (Å²) in [5, 5.41) is 61.1. The highest BCUT2D eigenvalue weighted by Crippen LogP contribution is 2.44. The van der Waals surface area contributed by atoms with Crippen LogP contribution in [0.4, 0.5) is 23.3 Å². The molecule has 8 atom stereocenters. The highest BCUT2D eigenvalue weighted by molar-refractivity contribution is 6.37. The number of likely N-dealkylation sites (tertiary alicyclic amines) is 4. The molecule has 32 nitrogen and oxygen atoms in total. The molecule has 12 aromatic rings. The first kappa shape index (κ1) is 107. The van der Waals surface area contributed by atoms with Gasteiger partial charge in [0.25, 0.3) is 0 Å². The predicted molar refractivity (Wildman–Crippen MR) is 577 cm³/mol. The first-order chi connectivity index (χ1) is 70.2. The van der Waals surface area contributed by atoms with Crippen LogP contribution in [0.3, 0.4) is 0 Å². The van der Waals surface area contributed by atoms with E-state index in [0.717, 1.165) is 162 Å². The van der Waals surface area contributed by atoms with Gasteiger partial charge in [0.2, 0.25) is 11.8 Å². The lowest BCUT2D eigenvalue weighted by molar-refractivity contribution is -0.129. The van der Waals surface area contributed by atoms with E-state index >= 15 is 0 Å². The Labute approximate surface area is 893 Å². The first-order valence-electron chi connectivity index (χ1n) is 50.9. The van der Waals surface area contributed by atoms with E-state index in [4.69, 9.17) is 113 Å². The third kappa shape index (κ3) is 23.8. The highest BCUT2D eigenvalue weighted by Gasteiger charge is 2.43. The molecule has 8 fully saturated rings. The number of fused-ring (bicyclic) bond motifs is 4. The Hall–Kier alpha value is -10.7. The van der Waals surface area contributed by atoms with Gasteiger partial charge in [0.05, 0.1) is 49.0 Å². The molecule has 0 saturated carbocycles. The van der Waals surface area contributed by atoms with Crippen molar-refractivity contribution < 1.29 is 9.59 Å². The first-order valence-corrected chi connectivity index (χ1v) is 54.0. The molecule has 146 heavy (non-hydrogen) atoms. The monoisotopic (exact) mass is 2130 g/mol. The lowest BCUT2D eigenvalue weighted by Gasteiger charge is -2.47. The van der Waals surface area contributed by atoms with E-state index in [0.29, 0.717) is 145 Å². The van der Waals surface area contributed by atoms with Crippen LogP contribution in [0.25, 0.3) is 44.7 Å². The van der Waals surface area contributed by atoms with Gasteiger partial charge >= 0.3 is 0 Å². The second kappa shape index (κ2) is 47.0. The number of carbonyl (C=O) groups is 2. The molecule has 8 saturated heterocycles. The van der Waals surface area contributed by atoms with Crippen LogP contribution >= 0.6 is 92.8 Å². The molecule has 8 aromatic heterocycles. The van der Waals surface area contributed by atoms with Crippen molar-refractivity contribution in [2.45, 2.75) is 169 Å². The third-order valence-corrected chi connectivity index (χ3v) is 33.2. The van der Waals surface area contributed by atoms with Crippen molar-refractivity contribution in [1.82, 2.24) is 108 Å². The molecule has 0 aliphatic carbocycles. The maximum atomic E-state index is 11.9. The molecule has 0 bridgehead atoms. The second-order valence-corrected chi connectivity index (χ2v) is 44.8. The van der Waals surface area contributed by atoms with Crippen molar-refractivity contribution in [3.8, 4) is 24.3 Å². The summed E-state index contributed by atoms with van der Waals surface area (Å²) in [6.45, 7) is 36.0. The number of hydrogen-bond donors (Lipinski definition) is 0. The summed E-state index contributed by atoms with van der Waals surface area (Å²) < 4.78 is 6.96. The van der Waals surface area contributed by atoms with Gasteiger partial charge in [-0.1, -0.05) is 117 Å². The molecule has 8 aliphatic heterocycles. The van der Waals surface area contributed by atoms with Crippen LogP contribution in [0.5, 0.6) is 0 Å². The number of nitrogens with zero attached hydrogens (tertiary/aromatic N) is 30. The number of halogens is 8. The van der Waals surface area contributed by atoms with Gasteiger partial charge in [-0.2, -0.15) is 41.4 Å². The Morgan fingerprint density at radius 1 is 0.342 bits per heavy atom. The smallest absolute Gasteiger partial charge is 0.222 e. The number of piperidine rings is 4. The van der Waals surface area contributed by atoms with Gasteiger partial charge in [0, 0.05) is 172 Å². The molecule has 8 aliphatic rings. The van der Waals surface area contributed by atoms with Crippen LogP contribution in [0.1, 0.15) is 202 Å². The minimum Gasteiger partial charge on any atom is -0.355 e. The summed E-state index contributed by atoms with van der Waals surface area (Å²) >= 11 is 50.2. The predicted octanol–water partition coefficient (Wildman–Crippen LogP) is 19.6.